The molecule has 132 valence electrons. The van der Waals surface area contributed by atoms with E-state index in [1.54, 1.807) is 35.1 Å². The van der Waals surface area contributed by atoms with Crippen molar-refractivity contribution in [2.45, 2.75) is 11.4 Å². The third-order valence-corrected chi connectivity index (χ3v) is 5.35. The Morgan fingerprint density at radius 3 is 2.65 bits per heavy atom. The number of carbonyl (C=O) groups excluding carboxylic acids is 1. The molecule has 0 fully saturated rings. The highest BCUT2D eigenvalue weighted by Crippen LogP contribution is 2.26. The molecular formula is C18H16N4O3S. The Hall–Kier alpha value is -3.00. The largest absolute Gasteiger partial charge is 0.349 e. The molecule has 0 saturated carbocycles. The van der Waals surface area contributed by atoms with E-state index in [4.69, 9.17) is 0 Å². The van der Waals surface area contributed by atoms with Crippen molar-refractivity contribution in [1.82, 2.24) is 20.1 Å². The average molecular weight is 368 g/mol. The Labute approximate surface area is 150 Å². The molecule has 1 aromatic carbocycles. The molecule has 4 rings (SSSR count). The summed E-state index contributed by atoms with van der Waals surface area (Å²) in [7, 11) is -3.29. The van der Waals surface area contributed by atoms with Gasteiger partial charge in [-0.3, -0.25) is 14.5 Å². The van der Waals surface area contributed by atoms with E-state index in [-0.39, 0.29) is 10.8 Å². The molecule has 0 aliphatic carbocycles. The predicted octanol–water partition coefficient (Wildman–Crippen LogP) is 1.76. The first-order chi connectivity index (χ1) is 12.4. The zero-order chi connectivity index (χ0) is 18.3. The fourth-order valence-corrected chi connectivity index (χ4v) is 3.58. The third kappa shape index (κ3) is 2.99. The molecule has 0 spiro atoms. The van der Waals surface area contributed by atoms with Crippen molar-refractivity contribution < 1.29 is 13.2 Å². The molecule has 1 amide bonds. The summed E-state index contributed by atoms with van der Waals surface area (Å²) in [4.78, 5) is 16.5. The van der Waals surface area contributed by atoms with E-state index in [0.29, 0.717) is 35.7 Å². The van der Waals surface area contributed by atoms with Gasteiger partial charge in [-0.25, -0.2) is 8.42 Å². The van der Waals surface area contributed by atoms with Crippen molar-refractivity contribution >= 4 is 15.7 Å². The summed E-state index contributed by atoms with van der Waals surface area (Å²) < 4.78 is 25.2. The summed E-state index contributed by atoms with van der Waals surface area (Å²) in [6.07, 6.45) is 2.83. The van der Waals surface area contributed by atoms with E-state index in [2.05, 4.69) is 15.4 Å². The van der Waals surface area contributed by atoms with Gasteiger partial charge in [0, 0.05) is 30.1 Å². The van der Waals surface area contributed by atoms with Gasteiger partial charge in [0.2, 0.25) is 0 Å². The van der Waals surface area contributed by atoms with Gasteiger partial charge in [-0.1, -0.05) is 12.1 Å². The van der Waals surface area contributed by atoms with Gasteiger partial charge in [-0.2, -0.15) is 5.10 Å². The van der Waals surface area contributed by atoms with Crippen LogP contribution in [0.2, 0.25) is 0 Å². The third-order valence-electron chi connectivity index (χ3n) is 4.24. The molecular weight excluding hydrogens is 352 g/mol. The summed E-state index contributed by atoms with van der Waals surface area (Å²) >= 11 is 0. The summed E-state index contributed by atoms with van der Waals surface area (Å²) in [5.74, 6) is -0.134. The molecule has 0 radical (unpaired) electrons. The van der Waals surface area contributed by atoms with Crippen LogP contribution in [0.4, 0.5) is 0 Å². The number of amides is 1. The number of sulfone groups is 1. The van der Waals surface area contributed by atoms with Gasteiger partial charge in [0.15, 0.2) is 9.84 Å². The molecule has 1 aliphatic rings. The molecule has 3 heterocycles. The highest BCUT2D eigenvalue weighted by molar-refractivity contribution is 7.90. The normalized spacial score (nSPS) is 14.0. The first-order valence-corrected chi connectivity index (χ1v) is 9.94. The fraction of sp³-hybridized carbons (Fsp3) is 0.167. The molecule has 1 N–H and O–H groups in total. The number of rotatable bonds is 3. The lowest BCUT2D eigenvalue weighted by atomic mass is 10.1. The van der Waals surface area contributed by atoms with Crippen molar-refractivity contribution in [3.63, 3.8) is 0 Å². The molecule has 2 aromatic heterocycles. The van der Waals surface area contributed by atoms with Gasteiger partial charge in [-0.05, 0) is 30.3 Å². The first kappa shape index (κ1) is 16.5. The lowest BCUT2D eigenvalue weighted by molar-refractivity contribution is 0.0924. The number of benzene rings is 1. The van der Waals surface area contributed by atoms with Crippen LogP contribution in [-0.4, -0.2) is 41.9 Å². The average Bonchev–Trinajstić information content (AvgIpc) is 3.07. The monoisotopic (exact) mass is 368 g/mol. The van der Waals surface area contributed by atoms with E-state index in [1.165, 1.54) is 6.26 Å². The van der Waals surface area contributed by atoms with E-state index < -0.39 is 9.84 Å². The Morgan fingerprint density at radius 1 is 1.08 bits per heavy atom. The maximum absolute atomic E-state index is 11.9. The number of hydrogen-bond donors (Lipinski definition) is 1. The van der Waals surface area contributed by atoms with Crippen LogP contribution in [-0.2, 0) is 16.4 Å². The Kier molecular flexibility index (Phi) is 3.84. The number of carbonyl (C=O) groups is 1. The van der Waals surface area contributed by atoms with Gasteiger partial charge in [0.1, 0.15) is 5.69 Å². The number of aromatic nitrogens is 3. The quantitative estimate of drug-likeness (QED) is 0.760. The van der Waals surface area contributed by atoms with Crippen LogP contribution >= 0.6 is 0 Å². The summed E-state index contributed by atoms with van der Waals surface area (Å²) in [5, 5.41) is 7.29. The lowest BCUT2D eigenvalue weighted by Crippen LogP contribution is -2.35. The van der Waals surface area contributed by atoms with E-state index >= 15 is 0 Å². The van der Waals surface area contributed by atoms with Crippen molar-refractivity contribution in [3.8, 4) is 22.5 Å². The fourth-order valence-electron chi connectivity index (χ4n) is 2.91. The molecule has 1 aliphatic heterocycles. The number of pyridine rings is 1. The molecule has 3 aromatic rings. The van der Waals surface area contributed by atoms with Crippen molar-refractivity contribution in [2.24, 2.45) is 0 Å². The number of nitrogens with zero attached hydrogens (tertiary/aromatic N) is 3. The minimum absolute atomic E-state index is 0.134. The molecule has 7 nitrogen and oxygen atoms in total. The number of hydrogen-bond acceptors (Lipinski definition) is 5. The van der Waals surface area contributed by atoms with Crippen LogP contribution < -0.4 is 5.32 Å². The van der Waals surface area contributed by atoms with Gasteiger partial charge in [-0.15, -0.1) is 0 Å². The minimum atomic E-state index is -3.29. The molecule has 0 bridgehead atoms. The molecule has 8 heteroatoms. The second-order valence-corrected chi connectivity index (χ2v) is 8.14. The minimum Gasteiger partial charge on any atom is -0.349 e. The van der Waals surface area contributed by atoms with Crippen LogP contribution in [0, 0.1) is 0 Å². The van der Waals surface area contributed by atoms with Crippen molar-refractivity contribution in [1.29, 1.82) is 0 Å². The summed E-state index contributed by atoms with van der Waals surface area (Å²) in [6, 6.07) is 12.1. The van der Waals surface area contributed by atoms with E-state index in [0.717, 1.165) is 5.56 Å². The SMILES string of the molecule is CS(=O)(=O)c1cccc(-c2cc(-c3cc4n(n3)CCNC4=O)ccn2)c1. The van der Waals surface area contributed by atoms with Crippen molar-refractivity contribution in [2.75, 3.05) is 12.8 Å². The standard InChI is InChI=1S/C18H16N4O3S/c1-26(24,25)14-4-2-3-12(9-14)15-10-13(5-6-19-15)16-11-17-18(23)20-7-8-22(17)21-16/h2-6,9-11H,7-8H2,1H3,(H,20,23). The highest BCUT2D eigenvalue weighted by Gasteiger charge is 2.20. The second kappa shape index (κ2) is 6.06. The maximum Gasteiger partial charge on any atom is 0.269 e. The number of fused-ring (bicyclic) bond motifs is 1. The van der Waals surface area contributed by atoms with Crippen LogP contribution in [0.5, 0.6) is 0 Å². The lowest BCUT2D eigenvalue weighted by Gasteiger charge is -2.13. The van der Waals surface area contributed by atoms with Gasteiger partial charge in [0.05, 0.1) is 22.8 Å². The topological polar surface area (TPSA) is 94.0 Å². The number of nitrogens with one attached hydrogen (secondary N) is 1. The van der Waals surface area contributed by atoms with Gasteiger partial charge in [0.25, 0.3) is 5.91 Å². The Morgan fingerprint density at radius 2 is 1.88 bits per heavy atom. The second-order valence-electron chi connectivity index (χ2n) is 6.12. The van der Waals surface area contributed by atoms with E-state index in [1.807, 2.05) is 18.2 Å². The van der Waals surface area contributed by atoms with Crippen LogP contribution in [0.1, 0.15) is 10.5 Å². The molecule has 26 heavy (non-hydrogen) atoms. The zero-order valence-electron chi connectivity index (χ0n) is 14.0. The smallest absolute Gasteiger partial charge is 0.269 e. The summed E-state index contributed by atoms with van der Waals surface area (Å²) in [5.41, 5.74) is 3.37. The molecule has 0 saturated heterocycles. The zero-order valence-corrected chi connectivity index (χ0v) is 14.8. The van der Waals surface area contributed by atoms with Crippen LogP contribution in [0.15, 0.2) is 53.6 Å². The van der Waals surface area contributed by atoms with Gasteiger partial charge >= 0.3 is 0 Å². The molecule has 0 unspecified atom stereocenters. The van der Waals surface area contributed by atoms with Crippen LogP contribution in [0.3, 0.4) is 0 Å². The Bertz CT molecular complexity index is 1120. The van der Waals surface area contributed by atoms with Crippen LogP contribution in [0.25, 0.3) is 22.5 Å². The summed E-state index contributed by atoms with van der Waals surface area (Å²) in [6.45, 7) is 1.20. The molecule has 0 atom stereocenters. The highest BCUT2D eigenvalue weighted by atomic mass is 32.2. The van der Waals surface area contributed by atoms with Crippen molar-refractivity contribution in [3.05, 3.63) is 54.4 Å². The van der Waals surface area contributed by atoms with E-state index in [9.17, 15) is 13.2 Å². The Balaban J connectivity index is 1.75. The first-order valence-electron chi connectivity index (χ1n) is 8.05. The van der Waals surface area contributed by atoms with Gasteiger partial charge < -0.3 is 5.32 Å². The predicted molar refractivity (Wildman–Crippen MR) is 96.3 cm³/mol. The maximum atomic E-state index is 11.9.